The van der Waals surface area contributed by atoms with Crippen LogP contribution in [0, 0.1) is 13.0 Å². The first kappa shape index (κ1) is 8.80. The third-order valence-electron chi connectivity index (χ3n) is 1.60. The number of hydrogen-bond acceptors (Lipinski definition) is 0. The van der Waals surface area contributed by atoms with Crippen LogP contribution in [0.5, 0.6) is 0 Å². The van der Waals surface area contributed by atoms with Crippen LogP contribution in [0.15, 0.2) is 24.3 Å². The smallest absolute Gasteiger partial charge is 0.0780 e. The molecular formula is C11H14N+. The van der Waals surface area contributed by atoms with Gasteiger partial charge in [0.15, 0.2) is 0 Å². The van der Waals surface area contributed by atoms with E-state index in [2.05, 4.69) is 36.9 Å². The van der Waals surface area contributed by atoms with Crippen molar-refractivity contribution in [2.45, 2.75) is 20.3 Å². The number of benzene rings is 1. The van der Waals surface area contributed by atoms with E-state index in [-0.39, 0.29) is 0 Å². The predicted octanol–water partition coefficient (Wildman–Crippen LogP) is 3.09. The second-order valence-corrected chi connectivity index (χ2v) is 2.86. The van der Waals surface area contributed by atoms with Crippen LogP contribution in [-0.2, 0) is 0 Å². The van der Waals surface area contributed by atoms with Crippen LogP contribution in [0.25, 0.3) is 4.85 Å². The highest BCUT2D eigenvalue weighted by Gasteiger charge is 1.92. The van der Waals surface area contributed by atoms with Crippen molar-refractivity contribution in [3.8, 4) is 6.07 Å². The highest BCUT2D eigenvalue weighted by molar-refractivity contribution is 5.33. The van der Waals surface area contributed by atoms with E-state index in [9.17, 15) is 0 Å². The number of nitrogens with zero attached hydrogens (tertiary/aromatic N) is 1. The molecule has 0 aromatic heterocycles. The van der Waals surface area contributed by atoms with Gasteiger partial charge in [0.25, 0.3) is 6.54 Å². The molecule has 0 aliphatic heterocycles. The summed E-state index contributed by atoms with van der Waals surface area (Å²) in [4.78, 5) is 4.14. The standard InChI is InChI=1S/C11H14N/c1-3-8-12-9-11-6-4-10(2)5-7-11/h4-7H,3,8H2,1-2H3/q+1. The van der Waals surface area contributed by atoms with E-state index >= 15 is 0 Å². The van der Waals surface area contributed by atoms with Crippen LogP contribution in [0.1, 0.15) is 24.5 Å². The second-order valence-electron chi connectivity index (χ2n) is 2.86. The predicted molar refractivity (Wildman–Crippen MR) is 52.7 cm³/mol. The first-order chi connectivity index (χ1) is 5.83. The molecule has 0 saturated carbocycles. The maximum atomic E-state index is 4.14. The van der Waals surface area contributed by atoms with Crippen molar-refractivity contribution in [3.63, 3.8) is 0 Å². The van der Waals surface area contributed by atoms with Gasteiger partial charge in [0.2, 0.25) is 0 Å². The summed E-state index contributed by atoms with van der Waals surface area (Å²) in [5, 5.41) is 0. The second kappa shape index (κ2) is 4.56. The van der Waals surface area contributed by atoms with Gasteiger partial charge in [-0.2, -0.15) is 0 Å². The Kier molecular flexibility index (Phi) is 3.35. The van der Waals surface area contributed by atoms with Crippen LogP contribution in [0.4, 0.5) is 0 Å². The fraction of sp³-hybridized carbons (Fsp3) is 0.364. The zero-order valence-corrected chi connectivity index (χ0v) is 7.67. The van der Waals surface area contributed by atoms with Gasteiger partial charge in [0.1, 0.15) is 5.56 Å². The molecule has 0 aliphatic carbocycles. The van der Waals surface area contributed by atoms with Gasteiger partial charge in [-0.1, -0.05) is 29.5 Å². The summed E-state index contributed by atoms with van der Waals surface area (Å²) >= 11 is 0. The Balaban J connectivity index is 2.66. The molecular weight excluding hydrogens is 146 g/mol. The lowest BCUT2D eigenvalue weighted by molar-refractivity contribution is 1.03. The Bertz CT molecular complexity index is 287. The minimum Gasteiger partial charge on any atom is -0.0780 e. The van der Waals surface area contributed by atoms with E-state index in [0.717, 1.165) is 18.5 Å². The molecule has 0 unspecified atom stereocenters. The van der Waals surface area contributed by atoms with Crippen molar-refractivity contribution < 1.29 is 0 Å². The molecule has 0 heterocycles. The molecule has 0 atom stereocenters. The Hall–Kier alpha value is -1.29. The van der Waals surface area contributed by atoms with Crippen LogP contribution < -0.4 is 0 Å². The summed E-state index contributed by atoms with van der Waals surface area (Å²) in [5.74, 6) is 0. The average Bonchev–Trinajstić information content (AvgIpc) is 2.09. The van der Waals surface area contributed by atoms with Gasteiger partial charge < -0.3 is 0 Å². The summed E-state index contributed by atoms with van der Waals surface area (Å²) in [5.41, 5.74) is 2.34. The molecule has 0 amide bonds. The van der Waals surface area contributed by atoms with Crippen molar-refractivity contribution in [1.82, 2.24) is 0 Å². The fourth-order valence-corrected chi connectivity index (χ4v) is 0.887. The lowest BCUT2D eigenvalue weighted by Gasteiger charge is -1.86. The molecule has 0 fully saturated rings. The Morgan fingerprint density at radius 1 is 1.25 bits per heavy atom. The molecule has 0 saturated heterocycles. The maximum Gasteiger partial charge on any atom is 0.311 e. The van der Waals surface area contributed by atoms with Gasteiger partial charge in [-0.15, -0.1) is 0 Å². The van der Waals surface area contributed by atoms with Crippen molar-refractivity contribution in [3.05, 3.63) is 40.2 Å². The van der Waals surface area contributed by atoms with E-state index in [1.807, 2.05) is 12.1 Å². The third-order valence-corrected chi connectivity index (χ3v) is 1.60. The molecule has 0 spiro atoms. The Morgan fingerprint density at radius 2 is 1.92 bits per heavy atom. The lowest BCUT2D eigenvalue weighted by atomic mass is 10.2. The van der Waals surface area contributed by atoms with Crippen LogP contribution in [-0.4, -0.2) is 6.54 Å². The minimum absolute atomic E-state index is 0.869. The van der Waals surface area contributed by atoms with E-state index in [4.69, 9.17) is 0 Å². The fourth-order valence-electron chi connectivity index (χ4n) is 0.887. The number of hydrogen-bond donors (Lipinski definition) is 0. The van der Waals surface area contributed by atoms with E-state index in [1.54, 1.807) is 0 Å². The van der Waals surface area contributed by atoms with Crippen molar-refractivity contribution in [2.24, 2.45) is 0 Å². The molecule has 0 N–H and O–H groups in total. The third kappa shape index (κ3) is 2.75. The molecule has 1 aromatic rings. The quantitative estimate of drug-likeness (QED) is 0.594. The molecule has 1 rings (SSSR count). The zero-order valence-electron chi connectivity index (χ0n) is 7.67. The monoisotopic (exact) mass is 160 g/mol. The topological polar surface area (TPSA) is 4.36 Å². The normalized spacial score (nSPS) is 8.83. The number of rotatable bonds is 1. The van der Waals surface area contributed by atoms with Gasteiger partial charge in [-0.3, -0.25) is 0 Å². The molecule has 0 aliphatic rings. The Labute approximate surface area is 73.9 Å². The van der Waals surface area contributed by atoms with Crippen LogP contribution >= 0.6 is 0 Å². The molecule has 1 heteroatoms. The summed E-state index contributed by atoms with van der Waals surface area (Å²) in [6.45, 7) is 5.06. The lowest BCUT2D eigenvalue weighted by Crippen LogP contribution is -1.75. The molecule has 0 bridgehead atoms. The maximum absolute atomic E-state index is 4.14. The van der Waals surface area contributed by atoms with Gasteiger partial charge in [-0.05, 0) is 19.1 Å². The first-order valence-electron chi connectivity index (χ1n) is 4.32. The van der Waals surface area contributed by atoms with E-state index in [0.29, 0.717) is 0 Å². The Morgan fingerprint density at radius 3 is 2.50 bits per heavy atom. The van der Waals surface area contributed by atoms with Crippen LogP contribution in [0.2, 0.25) is 0 Å². The molecule has 1 aromatic carbocycles. The summed E-state index contributed by atoms with van der Waals surface area (Å²) < 4.78 is 0. The van der Waals surface area contributed by atoms with Crippen LogP contribution in [0.3, 0.4) is 0 Å². The zero-order chi connectivity index (χ0) is 8.81. The molecule has 1 nitrogen and oxygen atoms in total. The van der Waals surface area contributed by atoms with Gasteiger partial charge in [0, 0.05) is 6.42 Å². The molecule has 0 radical (unpaired) electrons. The first-order valence-corrected chi connectivity index (χ1v) is 4.32. The summed E-state index contributed by atoms with van der Waals surface area (Å²) in [6, 6.07) is 11.2. The van der Waals surface area contributed by atoms with Gasteiger partial charge >= 0.3 is 6.07 Å². The van der Waals surface area contributed by atoms with Crippen molar-refractivity contribution in [2.75, 3.05) is 6.54 Å². The van der Waals surface area contributed by atoms with Crippen molar-refractivity contribution in [1.29, 1.82) is 0 Å². The van der Waals surface area contributed by atoms with Gasteiger partial charge in [0.05, 0.1) is 0 Å². The largest absolute Gasteiger partial charge is 0.311 e. The molecule has 12 heavy (non-hydrogen) atoms. The highest BCUT2D eigenvalue weighted by atomic mass is 14.6. The SMILES string of the molecule is CCC[N+]#Cc1ccc(C)cc1. The summed E-state index contributed by atoms with van der Waals surface area (Å²) in [7, 11) is 0. The highest BCUT2D eigenvalue weighted by Crippen LogP contribution is 2.01. The number of aryl methyl sites for hydroxylation is 1. The molecule has 62 valence electrons. The summed E-state index contributed by atoms with van der Waals surface area (Å²) in [6.07, 6.45) is 1.08. The van der Waals surface area contributed by atoms with Crippen molar-refractivity contribution >= 4 is 0 Å². The van der Waals surface area contributed by atoms with E-state index in [1.165, 1.54) is 5.56 Å². The van der Waals surface area contributed by atoms with Gasteiger partial charge in [-0.25, -0.2) is 0 Å². The minimum atomic E-state index is 0.869. The average molecular weight is 160 g/mol. The van der Waals surface area contributed by atoms with E-state index < -0.39 is 0 Å².